The Bertz CT molecular complexity index is 357. The summed E-state index contributed by atoms with van der Waals surface area (Å²) in [6.07, 6.45) is 6.61. The fourth-order valence-electron chi connectivity index (χ4n) is 3.13. The summed E-state index contributed by atoms with van der Waals surface area (Å²) in [7, 11) is 0. The number of rotatable bonds is 7. The molecule has 1 atom stereocenters. The van der Waals surface area contributed by atoms with Crippen LogP contribution in [0.5, 0.6) is 0 Å². The van der Waals surface area contributed by atoms with E-state index in [0.717, 1.165) is 17.6 Å². The van der Waals surface area contributed by atoms with Crippen molar-refractivity contribution in [1.29, 1.82) is 0 Å². The Morgan fingerprint density at radius 1 is 1.15 bits per heavy atom. The van der Waals surface area contributed by atoms with E-state index in [-0.39, 0.29) is 0 Å². The van der Waals surface area contributed by atoms with Crippen LogP contribution >= 0.6 is 12.6 Å². The highest BCUT2D eigenvalue weighted by atomic mass is 32.1. The van der Waals surface area contributed by atoms with Crippen LogP contribution in [0.15, 0.2) is 30.3 Å². The minimum absolute atomic E-state index is 0.828. The molecular formula is C18H29NS. The topological polar surface area (TPSA) is 3.24 Å². The van der Waals surface area contributed by atoms with Gasteiger partial charge in [-0.05, 0) is 74.9 Å². The number of nitrogens with zero attached hydrogens (tertiary/aromatic N) is 1. The zero-order valence-corrected chi connectivity index (χ0v) is 13.7. The average Bonchev–Trinajstić information content (AvgIpc) is 2.48. The molecule has 112 valence electrons. The van der Waals surface area contributed by atoms with Crippen LogP contribution in [-0.2, 0) is 6.42 Å². The molecule has 0 aromatic heterocycles. The molecule has 1 heterocycles. The number of likely N-dealkylation sites (tertiary alicyclic amines) is 1. The van der Waals surface area contributed by atoms with Crippen molar-refractivity contribution in [1.82, 2.24) is 4.90 Å². The van der Waals surface area contributed by atoms with Crippen molar-refractivity contribution in [2.75, 3.05) is 25.4 Å². The summed E-state index contributed by atoms with van der Waals surface area (Å²) in [5.41, 5.74) is 1.51. The summed E-state index contributed by atoms with van der Waals surface area (Å²) >= 11 is 4.33. The third-order valence-corrected chi connectivity index (χ3v) is 4.89. The van der Waals surface area contributed by atoms with Crippen LogP contribution < -0.4 is 0 Å². The molecule has 1 fully saturated rings. The summed E-state index contributed by atoms with van der Waals surface area (Å²) in [4.78, 5) is 2.66. The second-order valence-electron chi connectivity index (χ2n) is 6.38. The molecule has 0 spiro atoms. The van der Waals surface area contributed by atoms with Crippen molar-refractivity contribution in [3.63, 3.8) is 0 Å². The lowest BCUT2D eigenvalue weighted by molar-refractivity contribution is 0.174. The largest absolute Gasteiger partial charge is 0.303 e. The first kappa shape index (κ1) is 15.9. The molecule has 1 unspecified atom stereocenters. The van der Waals surface area contributed by atoms with E-state index >= 15 is 0 Å². The van der Waals surface area contributed by atoms with E-state index in [1.54, 1.807) is 0 Å². The Hall–Kier alpha value is -0.470. The molecule has 1 nitrogen and oxygen atoms in total. The highest BCUT2D eigenvalue weighted by molar-refractivity contribution is 7.80. The SMILES string of the molecule is CC(CCS)CCN1CCC(Cc2ccccc2)CC1. The van der Waals surface area contributed by atoms with E-state index in [0.29, 0.717) is 0 Å². The van der Waals surface area contributed by atoms with Gasteiger partial charge < -0.3 is 4.90 Å². The number of hydrogen-bond acceptors (Lipinski definition) is 2. The molecule has 1 aliphatic rings. The lowest BCUT2D eigenvalue weighted by atomic mass is 9.90. The maximum Gasteiger partial charge on any atom is -0.00160 e. The zero-order chi connectivity index (χ0) is 14.2. The predicted octanol–water partition coefficient (Wildman–Crippen LogP) is 4.29. The van der Waals surface area contributed by atoms with Gasteiger partial charge in [0.15, 0.2) is 0 Å². The maximum atomic E-state index is 4.33. The number of hydrogen-bond donors (Lipinski definition) is 1. The van der Waals surface area contributed by atoms with Gasteiger partial charge >= 0.3 is 0 Å². The summed E-state index contributed by atoms with van der Waals surface area (Å²) < 4.78 is 0. The van der Waals surface area contributed by atoms with Gasteiger partial charge in [0.05, 0.1) is 0 Å². The molecule has 2 heteroatoms. The molecule has 1 aromatic carbocycles. The predicted molar refractivity (Wildman–Crippen MR) is 91.6 cm³/mol. The van der Waals surface area contributed by atoms with Crippen molar-refractivity contribution in [2.24, 2.45) is 11.8 Å². The van der Waals surface area contributed by atoms with Crippen molar-refractivity contribution >= 4 is 12.6 Å². The van der Waals surface area contributed by atoms with Gasteiger partial charge in [0.25, 0.3) is 0 Å². The molecule has 1 saturated heterocycles. The first-order chi connectivity index (χ1) is 9.78. The summed E-state index contributed by atoms with van der Waals surface area (Å²) in [5.74, 6) is 2.75. The Labute approximate surface area is 130 Å². The fraction of sp³-hybridized carbons (Fsp3) is 0.667. The normalized spacial score (nSPS) is 19.1. The molecule has 1 aliphatic heterocycles. The maximum absolute atomic E-state index is 4.33. The van der Waals surface area contributed by atoms with Crippen molar-refractivity contribution in [3.05, 3.63) is 35.9 Å². The van der Waals surface area contributed by atoms with Gasteiger partial charge in [-0.25, -0.2) is 0 Å². The van der Waals surface area contributed by atoms with Crippen molar-refractivity contribution in [3.8, 4) is 0 Å². The monoisotopic (exact) mass is 291 g/mol. The molecule has 20 heavy (non-hydrogen) atoms. The van der Waals surface area contributed by atoms with Gasteiger partial charge in [0, 0.05) is 0 Å². The van der Waals surface area contributed by atoms with Gasteiger partial charge in [0.2, 0.25) is 0 Å². The zero-order valence-electron chi connectivity index (χ0n) is 12.8. The standard InChI is InChI=1S/C18H29NS/c1-16(10-14-20)7-11-19-12-8-18(9-13-19)15-17-5-3-2-4-6-17/h2-6,16,18,20H,7-15H2,1H3. The van der Waals surface area contributed by atoms with Crippen molar-refractivity contribution in [2.45, 2.75) is 39.0 Å². The molecule has 2 rings (SSSR count). The van der Waals surface area contributed by atoms with Gasteiger partial charge in [-0.2, -0.15) is 12.6 Å². The first-order valence-corrected chi connectivity index (χ1v) is 8.78. The smallest absolute Gasteiger partial charge is 0.00160 e. The van der Waals surface area contributed by atoms with Crippen LogP contribution in [0, 0.1) is 11.8 Å². The van der Waals surface area contributed by atoms with E-state index in [1.807, 2.05) is 0 Å². The van der Waals surface area contributed by atoms with Crippen LogP contribution in [0.4, 0.5) is 0 Å². The number of piperidine rings is 1. The Kier molecular flexibility index (Phi) is 6.95. The Morgan fingerprint density at radius 2 is 1.85 bits per heavy atom. The van der Waals surface area contributed by atoms with Crippen LogP contribution in [0.25, 0.3) is 0 Å². The Balaban J connectivity index is 1.65. The third-order valence-electron chi connectivity index (χ3n) is 4.63. The molecule has 0 N–H and O–H groups in total. The lowest BCUT2D eigenvalue weighted by Gasteiger charge is -2.32. The van der Waals surface area contributed by atoms with Gasteiger partial charge in [-0.15, -0.1) is 0 Å². The summed E-state index contributed by atoms with van der Waals surface area (Å²) in [6, 6.07) is 11.0. The minimum atomic E-state index is 0.828. The first-order valence-electron chi connectivity index (χ1n) is 8.15. The number of thiol groups is 1. The summed E-state index contributed by atoms with van der Waals surface area (Å²) in [5, 5.41) is 0. The minimum Gasteiger partial charge on any atom is -0.303 e. The van der Waals surface area contributed by atoms with E-state index in [1.165, 1.54) is 57.3 Å². The molecular weight excluding hydrogens is 262 g/mol. The van der Waals surface area contributed by atoms with E-state index in [9.17, 15) is 0 Å². The Morgan fingerprint density at radius 3 is 2.50 bits per heavy atom. The third kappa shape index (κ3) is 5.49. The summed E-state index contributed by atoms with van der Waals surface area (Å²) in [6.45, 7) is 6.24. The molecule has 0 aliphatic carbocycles. The number of benzene rings is 1. The average molecular weight is 292 g/mol. The van der Waals surface area contributed by atoms with E-state index in [4.69, 9.17) is 0 Å². The van der Waals surface area contributed by atoms with Crippen molar-refractivity contribution < 1.29 is 0 Å². The molecule has 0 amide bonds. The molecule has 0 radical (unpaired) electrons. The van der Waals surface area contributed by atoms with E-state index < -0.39 is 0 Å². The highest BCUT2D eigenvalue weighted by Crippen LogP contribution is 2.22. The van der Waals surface area contributed by atoms with E-state index in [2.05, 4.69) is 54.8 Å². The molecule has 1 aromatic rings. The van der Waals surface area contributed by atoms with Gasteiger partial charge in [0.1, 0.15) is 0 Å². The molecule has 0 bridgehead atoms. The highest BCUT2D eigenvalue weighted by Gasteiger charge is 2.19. The quantitative estimate of drug-likeness (QED) is 0.734. The fourth-order valence-corrected chi connectivity index (χ4v) is 3.57. The van der Waals surface area contributed by atoms with Gasteiger partial charge in [-0.1, -0.05) is 37.3 Å². The van der Waals surface area contributed by atoms with Gasteiger partial charge in [-0.3, -0.25) is 0 Å². The lowest BCUT2D eigenvalue weighted by Crippen LogP contribution is -2.35. The van der Waals surface area contributed by atoms with Crippen LogP contribution in [0.3, 0.4) is 0 Å². The second-order valence-corrected chi connectivity index (χ2v) is 6.83. The van der Waals surface area contributed by atoms with Crippen LogP contribution in [0.2, 0.25) is 0 Å². The molecule has 0 saturated carbocycles. The van der Waals surface area contributed by atoms with Crippen LogP contribution in [0.1, 0.15) is 38.2 Å². The second kappa shape index (κ2) is 8.74. The van der Waals surface area contributed by atoms with Crippen LogP contribution in [-0.4, -0.2) is 30.3 Å².